The minimum absolute atomic E-state index is 0.208. The summed E-state index contributed by atoms with van der Waals surface area (Å²) in [7, 11) is 0. The summed E-state index contributed by atoms with van der Waals surface area (Å²) in [6, 6.07) is 5.40. The van der Waals surface area contributed by atoms with Crippen LogP contribution in [0.2, 0.25) is 0 Å². The quantitative estimate of drug-likeness (QED) is 0.555. The molecule has 0 atom stereocenters. The Balaban J connectivity index is 2.70. The van der Waals surface area contributed by atoms with Gasteiger partial charge in [-0.25, -0.2) is 0 Å². The molecule has 0 saturated heterocycles. The van der Waals surface area contributed by atoms with Gasteiger partial charge in [0.25, 0.3) is 0 Å². The van der Waals surface area contributed by atoms with Crippen molar-refractivity contribution in [3.8, 4) is 11.5 Å². The Morgan fingerprint density at radius 2 is 2.00 bits per heavy atom. The summed E-state index contributed by atoms with van der Waals surface area (Å²) in [5, 5.41) is 0. The van der Waals surface area contributed by atoms with Crippen molar-refractivity contribution in [3.05, 3.63) is 22.7 Å². The second-order valence-corrected chi connectivity index (χ2v) is 4.93. The Morgan fingerprint density at radius 3 is 2.67 bits per heavy atom. The SMILES string of the molecule is CCCCC(=O)Oc1ccc(Br)cc1OCCC. The van der Waals surface area contributed by atoms with Gasteiger partial charge in [0, 0.05) is 10.9 Å². The number of unbranched alkanes of at least 4 members (excludes halogenated alkanes) is 1. The molecule has 0 unspecified atom stereocenters. The molecule has 0 N–H and O–H groups in total. The van der Waals surface area contributed by atoms with E-state index in [1.165, 1.54) is 0 Å². The zero-order valence-corrected chi connectivity index (χ0v) is 12.5. The van der Waals surface area contributed by atoms with E-state index in [4.69, 9.17) is 9.47 Å². The minimum Gasteiger partial charge on any atom is -0.490 e. The van der Waals surface area contributed by atoms with E-state index in [1.807, 2.05) is 26.0 Å². The number of ether oxygens (including phenoxy) is 2. The second-order valence-electron chi connectivity index (χ2n) is 4.02. The second kappa shape index (κ2) is 8.14. The van der Waals surface area contributed by atoms with Crippen molar-refractivity contribution in [2.75, 3.05) is 6.61 Å². The topological polar surface area (TPSA) is 35.5 Å². The smallest absolute Gasteiger partial charge is 0.311 e. The lowest BCUT2D eigenvalue weighted by Crippen LogP contribution is -2.09. The Bertz CT molecular complexity index is 391. The summed E-state index contributed by atoms with van der Waals surface area (Å²) in [5.74, 6) is 0.893. The van der Waals surface area contributed by atoms with Crippen molar-refractivity contribution in [3.63, 3.8) is 0 Å². The van der Waals surface area contributed by atoms with Crippen molar-refractivity contribution in [2.24, 2.45) is 0 Å². The average Bonchev–Trinajstić information content (AvgIpc) is 2.36. The van der Waals surface area contributed by atoms with Crippen LogP contribution in [0.15, 0.2) is 22.7 Å². The number of esters is 1. The zero-order valence-electron chi connectivity index (χ0n) is 10.9. The first-order chi connectivity index (χ1) is 8.67. The number of hydrogen-bond donors (Lipinski definition) is 0. The van der Waals surface area contributed by atoms with E-state index in [-0.39, 0.29) is 5.97 Å². The van der Waals surface area contributed by atoms with Crippen LogP contribution < -0.4 is 9.47 Å². The van der Waals surface area contributed by atoms with E-state index in [0.29, 0.717) is 24.5 Å². The number of rotatable bonds is 7. The molecule has 0 fully saturated rings. The van der Waals surface area contributed by atoms with Crippen LogP contribution >= 0.6 is 15.9 Å². The normalized spacial score (nSPS) is 10.2. The highest BCUT2D eigenvalue weighted by atomic mass is 79.9. The van der Waals surface area contributed by atoms with Crippen molar-refractivity contribution in [1.82, 2.24) is 0 Å². The molecule has 100 valence electrons. The van der Waals surface area contributed by atoms with Crippen LogP contribution in [0.3, 0.4) is 0 Å². The molecule has 0 aliphatic carbocycles. The van der Waals surface area contributed by atoms with Crippen LogP contribution in [0.4, 0.5) is 0 Å². The molecule has 1 aromatic carbocycles. The maximum absolute atomic E-state index is 11.6. The first-order valence-electron chi connectivity index (χ1n) is 6.30. The predicted molar refractivity (Wildman–Crippen MR) is 75.1 cm³/mol. The van der Waals surface area contributed by atoms with Crippen molar-refractivity contribution >= 4 is 21.9 Å². The molecular weight excluding hydrogens is 296 g/mol. The third kappa shape index (κ3) is 5.08. The summed E-state index contributed by atoms with van der Waals surface area (Å²) in [6.45, 7) is 4.68. The van der Waals surface area contributed by atoms with Crippen molar-refractivity contribution < 1.29 is 14.3 Å². The molecule has 0 aliphatic rings. The highest BCUT2D eigenvalue weighted by molar-refractivity contribution is 9.10. The van der Waals surface area contributed by atoms with Crippen LogP contribution in [0.25, 0.3) is 0 Å². The first kappa shape index (κ1) is 15.0. The van der Waals surface area contributed by atoms with Gasteiger partial charge in [0.1, 0.15) is 0 Å². The van der Waals surface area contributed by atoms with Gasteiger partial charge in [-0.15, -0.1) is 0 Å². The lowest BCUT2D eigenvalue weighted by molar-refractivity contribution is -0.134. The van der Waals surface area contributed by atoms with E-state index in [9.17, 15) is 4.79 Å². The summed E-state index contributed by atoms with van der Waals surface area (Å²) in [6.07, 6.45) is 3.19. The van der Waals surface area contributed by atoms with Gasteiger partial charge in [-0.05, 0) is 31.0 Å². The Morgan fingerprint density at radius 1 is 1.22 bits per heavy atom. The highest BCUT2D eigenvalue weighted by Gasteiger charge is 2.10. The molecule has 0 amide bonds. The van der Waals surface area contributed by atoms with Crippen LogP contribution in [0, 0.1) is 0 Å². The minimum atomic E-state index is -0.208. The average molecular weight is 315 g/mol. The Kier molecular flexibility index (Phi) is 6.80. The summed E-state index contributed by atoms with van der Waals surface area (Å²) in [5.41, 5.74) is 0. The maximum Gasteiger partial charge on any atom is 0.311 e. The highest BCUT2D eigenvalue weighted by Crippen LogP contribution is 2.31. The lowest BCUT2D eigenvalue weighted by atomic mass is 10.2. The van der Waals surface area contributed by atoms with E-state index in [0.717, 1.165) is 23.7 Å². The molecule has 3 nitrogen and oxygen atoms in total. The number of carbonyl (C=O) groups is 1. The Labute approximate surface area is 117 Å². The predicted octanol–water partition coefficient (Wildman–Crippen LogP) is 4.33. The molecular formula is C14H19BrO3. The summed E-state index contributed by atoms with van der Waals surface area (Å²) in [4.78, 5) is 11.6. The fourth-order valence-electron chi connectivity index (χ4n) is 1.39. The van der Waals surface area contributed by atoms with Gasteiger partial charge < -0.3 is 9.47 Å². The van der Waals surface area contributed by atoms with Crippen LogP contribution in [-0.4, -0.2) is 12.6 Å². The van der Waals surface area contributed by atoms with E-state index < -0.39 is 0 Å². The molecule has 1 aromatic rings. The van der Waals surface area contributed by atoms with Gasteiger partial charge in [-0.2, -0.15) is 0 Å². The molecule has 0 aliphatic heterocycles. The molecule has 18 heavy (non-hydrogen) atoms. The van der Waals surface area contributed by atoms with E-state index in [1.54, 1.807) is 6.07 Å². The molecule has 0 radical (unpaired) electrons. The van der Waals surface area contributed by atoms with Gasteiger partial charge in [-0.3, -0.25) is 4.79 Å². The van der Waals surface area contributed by atoms with E-state index in [2.05, 4.69) is 15.9 Å². The van der Waals surface area contributed by atoms with Gasteiger partial charge in [0.15, 0.2) is 11.5 Å². The molecule has 0 aromatic heterocycles. The number of hydrogen-bond acceptors (Lipinski definition) is 3. The Hall–Kier alpha value is -1.03. The largest absolute Gasteiger partial charge is 0.490 e. The van der Waals surface area contributed by atoms with Gasteiger partial charge in [0.05, 0.1) is 6.61 Å². The number of halogens is 1. The zero-order chi connectivity index (χ0) is 13.4. The van der Waals surface area contributed by atoms with Crippen molar-refractivity contribution in [2.45, 2.75) is 39.5 Å². The maximum atomic E-state index is 11.6. The van der Waals surface area contributed by atoms with Gasteiger partial charge in [0.2, 0.25) is 0 Å². The van der Waals surface area contributed by atoms with Crippen LogP contribution in [-0.2, 0) is 4.79 Å². The van der Waals surface area contributed by atoms with Crippen LogP contribution in [0.5, 0.6) is 11.5 Å². The standard InChI is InChI=1S/C14H19BrO3/c1-3-5-6-14(16)18-12-8-7-11(15)10-13(12)17-9-4-2/h7-8,10H,3-6,9H2,1-2H3. The fraction of sp³-hybridized carbons (Fsp3) is 0.500. The lowest BCUT2D eigenvalue weighted by Gasteiger charge is -2.11. The molecule has 0 saturated carbocycles. The molecule has 0 spiro atoms. The fourth-order valence-corrected chi connectivity index (χ4v) is 1.73. The third-order valence-electron chi connectivity index (χ3n) is 2.33. The first-order valence-corrected chi connectivity index (χ1v) is 7.09. The molecule has 0 bridgehead atoms. The molecule has 1 rings (SSSR count). The van der Waals surface area contributed by atoms with Crippen LogP contribution in [0.1, 0.15) is 39.5 Å². The third-order valence-corrected chi connectivity index (χ3v) is 2.82. The summed E-state index contributed by atoms with van der Waals surface area (Å²) >= 11 is 3.38. The van der Waals surface area contributed by atoms with Crippen molar-refractivity contribution in [1.29, 1.82) is 0 Å². The number of benzene rings is 1. The number of carbonyl (C=O) groups excluding carboxylic acids is 1. The monoisotopic (exact) mass is 314 g/mol. The molecule has 0 heterocycles. The molecule has 4 heteroatoms. The van der Waals surface area contributed by atoms with Gasteiger partial charge in [-0.1, -0.05) is 36.2 Å². The van der Waals surface area contributed by atoms with E-state index >= 15 is 0 Å². The summed E-state index contributed by atoms with van der Waals surface area (Å²) < 4.78 is 11.8. The van der Waals surface area contributed by atoms with Gasteiger partial charge >= 0.3 is 5.97 Å².